The van der Waals surface area contributed by atoms with Gasteiger partial charge in [-0.25, -0.2) is 9.97 Å². The number of amides is 1. The lowest BCUT2D eigenvalue weighted by Crippen LogP contribution is -2.43. The summed E-state index contributed by atoms with van der Waals surface area (Å²) in [5.74, 6) is 1.42. The van der Waals surface area contributed by atoms with Crippen molar-refractivity contribution in [3.05, 3.63) is 42.4 Å². The third-order valence-electron chi connectivity index (χ3n) is 4.67. The van der Waals surface area contributed by atoms with Crippen LogP contribution in [0.25, 0.3) is 0 Å². The van der Waals surface area contributed by atoms with E-state index in [-0.39, 0.29) is 5.91 Å². The first kappa shape index (κ1) is 18.2. The molecule has 2 heterocycles. The van der Waals surface area contributed by atoms with E-state index >= 15 is 0 Å². The Labute approximate surface area is 154 Å². The van der Waals surface area contributed by atoms with Gasteiger partial charge in [-0.3, -0.25) is 4.79 Å². The highest BCUT2D eigenvalue weighted by Crippen LogP contribution is 2.22. The van der Waals surface area contributed by atoms with Gasteiger partial charge in [-0.15, -0.1) is 0 Å². The Kier molecular flexibility index (Phi) is 6.04. The Bertz CT molecular complexity index is 716. The quantitative estimate of drug-likeness (QED) is 0.848. The molecule has 1 aliphatic heterocycles. The molecular weight excluding hydrogens is 328 g/mol. The summed E-state index contributed by atoms with van der Waals surface area (Å²) in [7, 11) is 0. The van der Waals surface area contributed by atoms with Crippen LogP contribution in [-0.2, 0) is 0 Å². The van der Waals surface area contributed by atoms with Gasteiger partial charge in [0.2, 0.25) is 0 Å². The van der Waals surface area contributed by atoms with Crippen LogP contribution in [0.4, 0.5) is 11.5 Å². The van der Waals surface area contributed by atoms with Crippen molar-refractivity contribution in [2.24, 2.45) is 0 Å². The second-order valence-corrected chi connectivity index (χ2v) is 6.43. The van der Waals surface area contributed by atoms with Crippen LogP contribution >= 0.6 is 0 Å². The van der Waals surface area contributed by atoms with Gasteiger partial charge in [0.25, 0.3) is 5.91 Å². The minimum Gasteiger partial charge on any atom is -0.494 e. The molecule has 1 aliphatic rings. The summed E-state index contributed by atoms with van der Waals surface area (Å²) in [5.41, 5.74) is 1.30. The maximum absolute atomic E-state index is 12.7. The highest BCUT2D eigenvalue weighted by molar-refractivity contribution is 5.92. The van der Waals surface area contributed by atoms with Crippen molar-refractivity contribution in [1.82, 2.24) is 14.9 Å². The summed E-state index contributed by atoms with van der Waals surface area (Å²) in [5, 5.41) is 3.18. The second kappa shape index (κ2) is 8.65. The third kappa shape index (κ3) is 4.31. The molecule has 1 unspecified atom stereocenters. The van der Waals surface area contributed by atoms with Gasteiger partial charge in [0, 0.05) is 18.3 Å². The maximum Gasteiger partial charge on any atom is 0.274 e. The van der Waals surface area contributed by atoms with Crippen molar-refractivity contribution < 1.29 is 9.53 Å². The van der Waals surface area contributed by atoms with Gasteiger partial charge in [-0.1, -0.05) is 6.92 Å². The molecule has 0 bridgehead atoms. The Hall–Kier alpha value is -2.63. The standard InChI is InChI=1S/C20H26N4O2/c1-3-16-7-5-6-12-24(16)20(25)18-13-22-19(14-21-18)23-15-8-10-17(11-9-15)26-4-2/h8-11,13-14,16H,3-7,12H2,1-2H3,(H,22,23). The van der Waals surface area contributed by atoms with E-state index in [1.165, 1.54) is 6.42 Å². The molecule has 1 aromatic carbocycles. The van der Waals surface area contributed by atoms with Crippen LogP contribution < -0.4 is 10.1 Å². The van der Waals surface area contributed by atoms with Crippen molar-refractivity contribution in [3.63, 3.8) is 0 Å². The van der Waals surface area contributed by atoms with Crippen molar-refractivity contribution in [2.45, 2.75) is 45.6 Å². The first-order valence-electron chi connectivity index (χ1n) is 9.34. The lowest BCUT2D eigenvalue weighted by Gasteiger charge is -2.34. The van der Waals surface area contributed by atoms with E-state index in [1.54, 1.807) is 12.4 Å². The van der Waals surface area contributed by atoms with Crippen LogP contribution in [-0.4, -0.2) is 40.0 Å². The van der Waals surface area contributed by atoms with Crippen LogP contribution in [0.5, 0.6) is 5.75 Å². The van der Waals surface area contributed by atoms with E-state index < -0.39 is 0 Å². The predicted octanol–water partition coefficient (Wildman–Crippen LogP) is 4.02. The van der Waals surface area contributed by atoms with Crippen LogP contribution in [0.2, 0.25) is 0 Å². The average molecular weight is 354 g/mol. The summed E-state index contributed by atoms with van der Waals surface area (Å²) < 4.78 is 5.43. The van der Waals surface area contributed by atoms with Gasteiger partial charge in [0.15, 0.2) is 0 Å². The average Bonchev–Trinajstić information content (AvgIpc) is 2.70. The largest absolute Gasteiger partial charge is 0.494 e. The number of benzene rings is 1. The van der Waals surface area contributed by atoms with Crippen molar-refractivity contribution in [1.29, 1.82) is 0 Å². The highest BCUT2D eigenvalue weighted by Gasteiger charge is 2.27. The molecule has 26 heavy (non-hydrogen) atoms. The molecule has 1 aromatic heterocycles. The minimum absolute atomic E-state index is 0.0170. The fraction of sp³-hybridized carbons (Fsp3) is 0.450. The zero-order chi connectivity index (χ0) is 18.4. The van der Waals surface area contributed by atoms with Crippen molar-refractivity contribution in [2.75, 3.05) is 18.5 Å². The number of aromatic nitrogens is 2. The molecular formula is C20H26N4O2. The molecule has 0 saturated carbocycles. The van der Waals surface area contributed by atoms with Crippen LogP contribution in [0.3, 0.4) is 0 Å². The molecule has 1 saturated heterocycles. The second-order valence-electron chi connectivity index (χ2n) is 6.43. The first-order chi connectivity index (χ1) is 12.7. The van der Waals surface area contributed by atoms with Gasteiger partial charge in [-0.2, -0.15) is 0 Å². The number of rotatable bonds is 6. The lowest BCUT2D eigenvalue weighted by atomic mass is 10.00. The molecule has 138 valence electrons. The summed E-state index contributed by atoms with van der Waals surface area (Å²) in [6.45, 7) is 5.54. The third-order valence-corrected chi connectivity index (χ3v) is 4.67. The van der Waals surface area contributed by atoms with Gasteiger partial charge < -0.3 is 15.0 Å². The number of anilines is 2. The Balaban J connectivity index is 1.65. The fourth-order valence-corrected chi connectivity index (χ4v) is 3.29. The number of hydrogen-bond acceptors (Lipinski definition) is 5. The summed E-state index contributed by atoms with van der Waals surface area (Å²) in [6.07, 6.45) is 7.48. The SMILES string of the molecule is CCOc1ccc(Nc2cnc(C(=O)N3CCCCC3CC)cn2)cc1. The lowest BCUT2D eigenvalue weighted by molar-refractivity contribution is 0.0601. The molecule has 0 aliphatic carbocycles. The predicted molar refractivity (Wildman–Crippen MR) is 102 cm³/mol. The number of piperidine rings is 1. The van der Waals surface area contributed by atoms with Crippen LogP contribution in [0.15, 0.2) is 36.7 Å². The number of carbonyl (C=O) groups is 1. The maximum atomic E-state index is 12.7. The van der Waals surface area contributed by atoms with E-state index in [4.69, 9.17) is 4.74 Å². The number of nitrogens with zero attached hydrogens (tertiary/aromatic N) is 3. The summed E-state index contributed by atoms with van der Waals surface area (Å²) >= 11 is 0. The molecule has 6 heteroatoms. The number of carbonyl (C=O) groups excluding carboxylic acids is 1. The topological polar surface area (TPSA) is 67.3 Å². The fourth-order valence-electron chi connectivity index (χ4n) is 3.29. The molecule has 3 rings (SSSR count). The van der Waals surface area contributed by atoms with Crippen LogP contribution in [0.1, 0.15) is 50.0 Å². The van der Waals surface area contributed by atoms with E-state index in [2.05, 4.69) is 22.2 Å². The molecule has 1 N–H and O–H groups in total. The first-order valence-corrected chi connectivity index (χ1v) is 9.34. The number of hydrogen-bond donors (Lipinski definition) is 1. The Morgan fingerprint density at radius 3 is 2.65 bits per heavy atom. The van der Waals surface area contributed by atoms with E-state index in [0.29, 0.717) is 24.2 Å². The number of ether oxygens (including phenoxy) is 1. The molecule has 6 nitrogen and oxygen atoms in total. The zero-order valence-corrected chi connectivity index (χ0v) is 15.4. The summed E-state index contributed by atoms with van der Waals surface area (Å²) in [4.78, 5) is 23.4. The molecule has 2 aromatic rings. The van der Waals surface area contributed by atoms with Gasteiger partial charge >= 0.3 is 0 Å². The highest BCUT2D eigenvalue weighted by atomic mass is 16.5. The van der Waals surface area contributed by atoms with Gasteiger partial charge in [0.05, 0.1) is 19.0 Å². The Morgan fingerprint density at radius 1 is 1.19 bits per heavy atom. The number of likely N-dealkylation sites (tertiary alicyclic amines) is 1. The Morgan fingerprint density at radius 2 is 2.00 bits per heavy atom. The monoisotopic (exact) mass is 354 g/mol. The van der Waals surface area contributed by atoms with E-state index in [0.717, 1.165) is 37.2 Å². The van der Waals surface area contributed by atoms with Crippen molar-refractivity contribution >= 4 is 17.4 Å². The van der Waals surface area contributed by atoms with Gasteiger partial charge in [0.1, 0.15) is 17.3 Å². The van der Waals surface area contributed by atoms with E-state index in [9.17, 15) is 4.79 Å². The van der Waals surface area contributed by atoms with Crippen LogP contribution in [0, 0.1) is 0 Å². The summed E-state index contributed by atoms with van der Waals surface area (Å²) in [6, 6.07) is 7.97. The van der Waals surface area contributed by atoms with E-state index in [1.807, 2.05) is 36.1 Å². The van der Waals surface area contributed by atoms with Crippen molar-refractivity contribution in [3.8, 4) is 5.75 Å². The van der Waals surface area contributed by atoms with Gasteiger partial charge in [-0.05, 0) is 56.9 Å². The zero-order valence-electron chi connectivity index (χ0n) is 15.4. The number of nitrogens with one attached hydrogen (secondary N) is 1. The molecule has 1 amide bonds. The molecule has 1 fully saturated rings. The minimum atomic E-state index is -0.0170. The smallest absolute Gasteiger partial charge is 0.274 e. The molecule has 1 atom stereocenters. The molecule has 0 spiro atoms. The molecule has 0 radical (unpaired) electrons. The normalized spacial score (nSPS) is 17.0.